The van der Waals surface area contributed by atoms with Gasteiger partial charge in [0.2, 0.25) is 0 Å². The minimum absolute atomic E-state index is 0.181. The Hall–Kier alpha value is -0.530. The van der Waals surface area contributed by atoms with Gasteiger partial charge < -0.3 is 0 Å². The molecule has 0 heterocycles. The first kappa shape index (κ1) is 12.5. The van der Waals surface area contributed by atoms with Crippen molar-refractivity contribution in [3.05, 3.63) is 33.8 Å². The Balaban J connectivity index is 2.86. The summed E-state index contributed by atoms with van der Waals surface area (Å²) < 4.78 is 0. The van der Waals surface area contributed by atoms with Gasteiger partial charge in [0.1, 0.15) is 5.78 Å². The molecule has 0 spiro atoms. The second-order valence-electron chi connectivity index (χ2n) is 4.63. The first-order chi connectivity index (χ1) is 6.79. The molecule has 0 aliphatic heterocycles. The van der Waals surface area contributed by atoms with Crippen molar-refractivity contribution in [3.63, 3.8) is 0 Å². The lowest BCUT2D eigenvalue weighted by Crippen LogP contribution is -2.22. The van der Waals surface area contributed by atoms with Crippen LogP contribution in [0.25, 0.3) is 0 Å². The average Bonchev–Trinajstić information content (AvgIpc) is 1.99. The van der Waals surface area contributed by atoms with Crippen molar-refractivity contribution in [1.82, 2.24) is 0 Å². The van der Waals surface area contributed by atoms with Crippen molar-refractivity contribution in [3.8, 4) is 0 Å². The van der Waals surface area contributed by atoms with Crippen molar-refractivity contribution < 1.29 is 4.79 Å². The van der Waals surface area contributed by atoms with Crippen molar-refractivity contribution in [2.75, 3.05) is 0 Å². The number of hydrogen-bond acceptors (Lipinski definition) is 1. The molecule has 0 bridgehead atoms. The summed E-state index contributed by atoms with van der Waals surface area (Å²) in [6.45, 7) is 5.71. The molecule has 82 valence electrons. The highest BCUT2D eigenvalue weighted by Crippen LogP contribution is 2.22. The Bertz CT molecular complexity index is 357. The highest BCUT2D eigenvalue weighted by molar-refractivity contribution is 6.34. The molecular formula is C12H14Cl2O. The van der Waals surface area contributed by atoms with Crippen molar-refractivity contribution in [2.24, 2.45) is 5.41 Å². The van der Waals surface area contributed by atoms with Crippen molar-refractivity contribution >= 4 is 29.0 Å². The first-order valence-corrected chi connectivity index (χ1v) is 5.53. The lowest BCUT2D eigenvalue weighted by Gasteiger charge is -2.16. The maximum atomic E-state index is 11.8. The number of ketones is 1. The summed E-state index contributed by atoms with van der Waals surface area (Å²) in [5, 5.41) is 1.14. The summed E-state index contributed by atoms with van der Waals surface area (Å²) >= 11 is 11.7. The fraction of sp³-hybridized carbons (Fsp3) is 0.417. The zero-order valence-electron chi connectivity index (χ0n) is 9.10. The fourth-order valence-corrected chi connectivity index (χ4v) is 1.73. The van der Waals surface area contributed by atoms with E-state index in [-0.39, 0.29) is 11.2 Å². The maximum Gasteiger partial charge on any atom is 0.142 e. The average molecular weight is 245 g/mol. The molecule has 1 nitrogen and oxygen atoms in total. The normalized spacial score (nSPS) is 11.5. The Morgan fingerprint density at radius 3 is 2.00 bits per heavy atom. The van der Waals surface area contributed by atoms with Gasteiger partial charge in [0, 0.05) is 21.9 Å². The van der Waals surface area contributed by atoms with Gasteiger partial charge in [-0.25, -0.2) is 0 Å². The van der Waals surface area contributed by atoms with E-state index in [0.29, 0.717) is 16.5 Å². The summed E-state index contributed by atoms with van der Waals surface area (Å²) in [6, 6.07) is 5.21. The van der Waals surface area contributed by atoms with E-state index in [1.165, 1.54) is 0 Å². The highest BCUT2D eigenvalue weighted by Gasteiger charge is 2.21. The van der Waals surface area contributed by atoms with E-state index >= 15 is 0 Å². The van der Waals surface area contributed by atoms with Crippen molar-refractivity contribution in [1.29, 1.82) is 0 Å². The predicted molar refractivity (Wildman–Crippen MR) is 64.6 cm³/mol. The van der Waals surface area contributed by atoms with Gasteiger partial charge in [0.25, 0.3) is 0 Å². The molecule has 0 atom stereocenters. The van der Waals surface area contributed by atoms with E-state index < -0.39 is 0 Å². The number of carbonyl (C=O) groups excluding carboxylic acids is 1. The predicted octanol–water partition coefficient (Wildman–Crippen LogP) is 4.15. The molecule has 1 aromatic carbocycles. The van der Waals surface area contributed by atoms with Crippen LogP contribution in [0.5, 0.6) is 0 Å². The van der Waals surface area contributed by atoms with E-state index in [1.54, 1.807) is 18.2 Å². The monoisotopic (exact) mass is 244 g/mol. The lowest BCUT2D eigenvalue weighted by molar-refractivity contribution is -0.125. The van der Waals surface area contributed by atoms with Gasteiger partial charge in [-0.05, 0) is 23.8 Å². The van der Waals surface area contributed by atoms with Crippen LogP contribution >= 0.6 is 23.2 Å². The number of Topliss-reactive ketones (excluding diaryl/α,β-unsaturated/α-hetero) is 1. The molecule has 0 fully saturated rings. The third-order valence-corrected chi connectivity index (χ3v) is 2.56. The first-order valence-electron chi connectivity index (χ1n) is 4.77. The Morgan fingerprint density at radius 2 is 1.60 bits per heavy atom. The topological polar surface area (TPSA) is 17.1 Å². The zero-order chi connectivity index (χ0) is 11.6. The third-order valence-electron chi connectivity index (χ3n) is 2.12. The van der Waals surface area contributed by atoms with Gasteiger partial charge in [0.15, 0.2) is 0 Å². The molecule has 1 rings (SSSR count). The summed E-state index contributed by atoms with van der Waals surface area (Å²) in [5.74, 6) is 0.181. The molecule has 0 aromatic heterocycles. The van der Waals surface area contributed by atoms with Crippen LogP contribution in [-0.4, -0.2) is 5.78 Å². The lowest BCUT2D eigenvalue weighted by atomic mass is 9.87. The van der Waals surface area contributed by atoms with E-state index in [1.807, 2.05) is 20.8 Å². The number of rotatable bonds is 2. The minimum atomic E-state index is -0.325. The summed E-state index contributed by atoms with van der Waals surface area (Å²) in [7, 11) is 0. The van der Waals surface area contributed by atoms with E-state index in [2.05, 4.69) is 0 Å². The molecule has 0 aliphatic rings. The van der Waals surface area contributed by atoms with Crippen LogP contribution in [0.15, 0.2) is 18.2 Å². The number of carbonyl (C=O) groups is 1. The molecule has 15 heavy (non-hydrogen) atoms. The summed E-state index contributed by atoms with van der Waals surface area (Å²) in [4.78, 5) is 11.8. The van der Waals surface area contributed by atoms with Gasteiger partial charge in [-0.2, -0.15) is 0 Å². The van der Waals surface area contributed by atoms with E-state index in [9.17, 15) is 4.79 Å². The minimum Gasteiger partial charge on any atom is -0.299 e. The van der Waals surface area contributed by atoms with Crippen LogP contribution in [0.2, 0.25) is 10.0 Å². The zero-order valence-corrected chi connectivity index (χ0v) is 10.6. The molecule has 0 saturated carbocycles. The molecule has 0 radical (unpaired) electrons. The Morgan fingerprint density at radius 1 is 1.13 bits per heavy atom. The van der Waals surface area contributed by atoms with Crippen LogP contribution < -0.4 is 0 Å². The maximum absolute atomic E-state index is 11.8. The Kier molecular flexibility index (Phi) is 3.80. The van der Waals surface area contributed by atoms with Gasteiger partial charge in [0.05, 0.1) is 0 Å². The van der Waals surface area contributed by atoms with Gasteiger partial charge in [-0.1, -0.05) is 44.0 Å². The van der Waals surface area contributed by atoms with E-state index in [4.69, 9.17) is 23.2 Å². The Labute approximate surface area is 100 Å². The SMILES string of the molecule is CC(C)(C)C(=O)Cc1cc(Cl)cc(Cl)c1. The largest absolute Gasteiger partial charge is 0.299 e. The molecule has 0 aliphatic carbocycles. The van der Waals surface area contributed by atoms with Crippen LogP contribution in [-0.2, 0) is 11.2 Å². The van der Waals surface area contributed by atoms with Gasteiger partial charge >= 0.3 is 0 Å². The quantitative estimate of drug-likeness (QED) is 0.764. The molecule has 1 aromatic rings. The van der Waals surface area contributed by atoms with Crippen LogP contribution in [0.4, 0.5) is 0 Å². The molecule has 0 amide bonds. The number of halogens is 2. The second kappa shape index (κ2) is 4.54. The summed E-state index contributed by atoms with van der Waals surface area (Å²) in [5.41, 5.74) is 0.543. The van der Waals surface area contributed by atoms with Crippen LogP contribution in [0, 0.1) is 5.41 Å². The number of benzene rings is 1. The molecular weight excluding hydrogens is 231 g/mol. The molecule has 0 unspecified atom stereocenters. The summed E-state index contributed by atoms with van der Waals surface area (Å²) in [6.07, 6.45) is 0.379. The van der Waals surface area contributed by atoms with Crippen molar-refractivity contribution in [2.45, 2.75) is 27.2 Å². The highest BCUT2D eigenvalue weighted by atomic mass is 35.5. The van der Waals surface area contributed by atoms with Gasteiger partial charge in [-0.3, -0.25) is 4.79 Å². The van der Waals surface area contributed by atoms with Crippen LogP contribution in [0.1, 0.15) is 26.3 Å². The number of hydrogen-bond donors (Lipinski definition) is 0. The molecule has 0 saturated heterocycles. The fourth-order valence-electron chi connectivity index (χ4n) is 1.16. The molecule has 3 heteroatoms. The standard InChI is InChI=1S/C12H14Cl2O/c1-12(2,3)11(15)6-8-4-9(13)7-10(14)5-8/h4-5,7H,6H2,1-3H3. The molecule has 0 N–H and O–H groups in total. The second-order valence-corrected chi connectivity index (χ2v) is 5.50. The third kappa shape index (κ3) is 3.84. The van der Waals surface area contributed by atoms with E-state index in [0.717, 1.165) is 5.56 Å². The smallest absolute Gasteiger partial charge is 0.142 e. The van der Waals surface area contributed by atoms with Gasteiger partial charge in [-0.15, -0.1) is 0 Å². The van der Waals surface area contributed by atoms with Crippen LogP contribution in [0.3, 0.4) is 0 Å².